The van der Waals surface area contributed by atoms with E-state index in [0.29, 0.717) is 50.2 Å². The number of benzene rings is 2. The summed E-state index contributed by atoms with van der Waals surface area (Å²) in [5.41, 5.74) is 1.89. The van der Waals surface area contributed by atoms with Crippen molar-refractivity contribution in [3.63, 3.8) is 0 Å². The maximum atomic E-state index is 13.9. The van der Waals surface area contributed by atoms with Crippen molar-refractivity contribution >= 4 is 17.6 Å². The minimum absolute atomic E-state index is 0.0481. The minimum atomic E-state index is -4.46. The van der Waals surface area contributed by atoms with E-state index < -0.39 is 23.1 Å². The van der Waals surface area contributed by atoms with Gasteiger partial charge in [0.15, 0.2) is 0 Å². The van der Waals surface area contributed by atoms with E-state index in [4.69, 9.17) is 0 Å². The van der Waals surface area contributed by atoms with E-state index in [-0.39, 0.29) is 36.7 Å². The van der Waals surface area contributed by atoms with Crippen LogP contribution in [-0.4, -0.2) is 69.4 Å². The van der Waals surface area contributed by atoms with Gasteiger partial charge in [0.25, 0.3) is 5.91 Å². The molecule has 1 aromatic heterocycles. The van der Waals surface area contributed by atoms with E-state index >= 15 is 0 Å². The molecule has 2 aromatic carbocycles. The van der Waals surface area contributed by atoms with Gasteiger partial charge < -0.3 is 20.2 Å². The number of aromatic nitrogens is 2. The topological polar surface area (TPSA) is 90.7 Å². The Balaban J connectivity index is 1.18. The van der Waals surface area contributed by atoms with Crippen molar-refractivity contribution < 1.29 is 27.9 Å². The van der Waals surface area contributed by atoms with E-state index in [1.807, 2.05) is 35.9 Å². The second-order valence-corrected chi connectivity index (χ2v) is 12.1. The molecule has 43 heavy (non-hydrogen) atoms. The van der Waals surface area contributed by atoms with E-state index in [9.17, 15) is 27.9 Å². The molecule has 0 bridgehead atoms. The first-order valence-electron chi connectivity index (χ1n) is 14.9. The molecule has 228 valence electrons. The number of aliphatic hydroxyl groups excluding tert-OH is 1. The zero-order valence-corrected chi connectivity index (χ0v) is 24.1. The number of rotatable bonds is 6. The van der Waals surface area contributed by atoms with Crippen LogP contribution in [0, 0.1) is 6.92 Å². The number of anilines is 1. The fourth-order valence-electron chi connectivity index (χ4n) is 6.65. The number of likely N-dealkylation sites (tertiary alicyclic amines) is 2. The third-order valence-corrected chi connectivity index (χ3v) is 9.35. The van der Waals surface area contributed by atoms with Gasteiger partial charge in [-0.3, -0.25) is 9.48 Å². The summed E-state index contributed by atoms with van der Waals surface area (Å²) in [5.74, 6) is -0.675. The standard InChI is InChI=1S/C32H36F3N5O3/c1-21-6-2-5-9-27(21)37-30(43)38-16-11-23(12-17-38)40-28(31(20-41)13-14-31)25(18-36-40)29(42)39-15-10-22(19-39)24-7-3-4-8-26(24)32(33,34)35/h2-9,18,22-23,41H,10-17,19-20H2,1H3,(H,37,43). The van der Waals surface area contributed by atoms with Crippen LogP contribution in [0.2, 0.25) is 0 Å². The molecule has 1 unspecified atom stereocenters. The average Bonchev–Trinajstić information content (AvgIpc) is 3.41. The highest BCUT2D eigenvalue weighted by Crippen LogP contribution is 2.50. The minimum Gasteiger partial charge on any atom is -0.395 e. The first-order valence-corrected chi connectivity index (χ1v) is 14.9. The SMILES string of the molecule is Cc1ccccc1NC(=O)N1CCC(n2ncc(C(=O)N3CCC(c4ccccc4C(F)(F)F)C3)c2C2(CO)CC2)CC1. The lowest BCUT2D eigenvalue weighted by Crippen LogP contribution is -2.42. The normalized spacial score (nSPS) is 20.3. The van der Waals surface area contributed by atoms with Crippen molar-refractivity contribution in [2.24, 2.45) is 0 Å². The van der Waals surface area contributed by atoms with Crippen LogP contribution >= 0.6 is 0 Å². The molecular weight excluding hydrogens is 559 g/mol. The summed E-state index contributed by atoms with van der Waals surface area (Å²) in [5, 5.41) is 18.0. The molecule has 3 aromatic rings. The van der Waals surface area contributed by atoms with Crippen LogP contribution in [0.1, 0.15) is 76.8 Å². The molecule has 11 heteroatoms. The highest BCUT2D eigenvalue weighted by molar-refractivity contribution is 5.96. The van der Waals surface area contributed by atoms with E-state index in [1.165, 1.54) is 12.1 Å². The number of alkyl halides is 3. The lowest BCUT2D eigenvalue weighted by atomic mass is 9.93. The van der Waals surface area contributed by atoms with Gasteiger partial charge in [-0.25, -0.2) is 4.79 Å². The molecule has 2 aliphatic heterocycles. The lowest BCUT2D eigenvalue weighted by Gasteiger charge is -2.34. The van der Waals surface area contributed by atoms with Crippen LogP contribution in [-0.2, 0) is 11.6 Å². The van der Waals surface area contributed by atoms with Gasteiger partial charge in [-0.15, -0.1) is 0 Å². The average molecular weight is 596 g/mol. The maximum absolute atomic E-state index is 13.9. The van der Waals surface area contributed by atoms with Gasteiger partial charge in [0.05, 0.1) is 35.7 Å². The summed E-state index contributed by atoms with van der Waals surface area (Å²) in [4.78, 5) is 30.2. The molecule has 0 radical (unpaired) electrons. The molecular formula is C32H36F3N5O3. The summed E-state index contributed by atoms with van der Waals surface area (Å²) in [6.07, 6.45) is 0.288. The third kappa shape index (κ3) is 5.62. The van der Waals surface area contributed by atoms with Crippen molar-refractivity contribution in [3.05, 3.63) is 82.7 Å². The number of aryl methyl sites for hydroxylation is 1. The molecule has 3 heterocycles. The summed E-state index contributed by atoms with van der Waals surface area (Å²) in [6, 6.07) is 13.0. The van der Waals surface area contributed by atoms with Crippen LogP contribution in [0.15, 0.2) is 54.7 Å². The largest absolute Gasteiger partial charge is 0.416 e. The number of carbonyl (C=O) groups is 2. The predicted molar refractivity (Wildman–Crippen MR) is 155 cm³/mol. The smallest absolute Gasteiger partial charge is 0.395 e. The first-order chi connectivity index (χ1) is 20.6. The number of hydrogen-bond acceptors (Lipinski definition) is 4. The lowest BCUT2D eigenvalue weighted by molar-refractivity contribution is -0.138. The van der Waals surface area contributed by atoms with Gasteiger partial charge in [0, 0.05) is 43.2 Å². The molecule has 3 aliphatic rings. The second kappa shape index (κ2) is 11.3. The van der Waals surface area contributed by atoms with Gasteiger partial charge in [-0.1, -0.05) is 36.4 Å². The fraction of sp³-hybridized carbons (Fsp3) is 0.469. The molecule has 6 rings (SSSR count). The van der Waals surface area contributed by atoms with Gasteiger partial charge in [0.2, 0.25) is 0 Å². The van der Waals surface area contributed by atoms with Gasteiger partial charge in [0.1, 0.15) is 0 Å². The monoisotopic (exact) mass is 595 g/mol. The Morgan fingerprint density at radius 2 is 1.67 bits per heavy atom. The Labute approximate surface area is 248 Å². The number of halogens is 3. The van der Waals surface area contributed by atoms with Crippen LogP contribution in [0.25, 0.3) is 0 Å². The second-order valence-electron chi connectivity index (χ2n) is 12.1. The Hall–Kier alpha value is -3.86. The van der Waals surface area contributed by atoms with Crippen LogP contribution < -0.4 is 5.32 Å². The van der Waals surface area contributed by atoms with Crippen LogP contribution in [0.4, 0.5) is 23.7 Å². The molecule has 0 spiro atoms. The summed E-state index contributed by atoms with van der Waals surface area (Å²) in [7, 11) is 0. The number of piperidine rings is 1. The number of nitrogens with zero attached hydrogens (tertiary/aromatic N) is 4. The van der Waals surface area contributed by atoms with Crippen molar-refractivity contribution in [1.82, 2.24) is 19.6 Å². The highest BCUT2D eigenvalue weighted by Gasteiger charge is 2.50. The third-order valence-electron chi connectivity index (χ3n) is 9.35. The molecule has 1 saturated carbocycles. The molecule has 2 saturated heterocycles. The number of amides is 3. The van der Waals surface area contributed by atoms with Crippen LogP contribution in [0.5, 0.6) is 0 Å². The summed E-state index contributed by atoms with van der Waals surface area (Å²) >= 11 is 0. The van der Waals surface area contributed by atoms with Crippen molar-refractivity contribution in [2.75, 3.05) is 38.1 Å². The van der Waals surface area contributed by atoms with E-state index in [2.05, 4.69) is 10.4 Å². The Morgan fingerprint density at radius 3 is 2.35 bits per heavy atom. The van der Waals surface area contributed by atoms with Gasteiger partial charge >= 0.3 is 12.2 Å². The van der Waals surface area contributed by atoms with E-state index in [0.717, 1.165) is 30.2 Å². The zero-order chi connectivity index (χ0) is 30.4. The van der Waals surface area contributed by atoms with Crippen molar-refractivity contribution in [1.29, 1.82) is 0 Å². The maximum Gasteiger partial charge on any atom is 0.416 e. The van der Waals surface area contributed by atoms with Crippen LogP contribution in [0.3, 0.4) is 0 Å². The number of aliphatic hydroxyl groups is 1. The summed E-state index contributed by atoms with van der Waals surface area (Å²) < 4.78 is 42.9. The Bertz CT molecular complexity index is 1510. The fourth-order valence-corrected chi connectivity index (χ4v) is 6.65. The number of para-hydroxylation sites is 1. The van der Waals surface area contributed by atoms with Crippen molar-refractivity contribution in [3.8, 4) is 0 Å². The molecule has 3 amide bonds. The van der Waals surface area contributed by atoms with Crippen molar-refractivity contribution in [2.45, 2.75) is 62.6 Å². The molecule has 1 atom stereocenters. The highest BCUT2D eigenvalue weighted by atomic mass is 19.4. The predicted octanol–water partition coefficient (Wildman–Crippen LogP) is 5.73. The molecule has 3 fully saturated rings. The Kier molecular flexibility index (Phi) is 7.70. The Morgan fingerprint density at radius 1 is 1.00 bits per heavy atom. The van der Waals surface area contributed by atoms with E-state index in [1.54, 1.807) is 22.1 Å². The number of urea groups is 1. The first kappa shape index (κ1) is 29.2. The van der Waals surface area contributed by atoms with Gasteiger partial charge in [-0.2, -0.15) is 18.3 Å². The number of carbonyl (C=O) groups excluding carboxylic acids is 2. The molecule has 2 N–H and O–H groups in total. The van der Waals surface area contributed by atoms with Gasteiger partial charge in [-0.05, 0) is 62.3 Å². The number of hydrogen-bond donors (Lipinski definition) is 2. The summed E-state index contributed by atoms with van der Waals surface area (Å²) in [6.45, 7) is 3.40. The molecule has 8 nitrogen and oxygen atoms in total. The quantitative estimate of drug-likeness (QED) is 0.381. The molecule has 1 aliphatic carbocycles. The number of nitrogens with one attached hydrogen (secondary N) is 1. The zero-order valence-electron chi connectivity index (χ0n) is 24.1.